The fourth-order valence-corrected chi connectivity index (χ4v) is 1.43. The summed E-state index contributed by atoms with van der Waals surface area (Å²) in [6.07, 6.45) is -0.381. The maximum atomic E-state index is 11.4. The van der Waals surface area contributed by atoms with Crippen LogP contribution in [0.2, 0.25) is 0 Å². The molecule has 0 aromatic heterocycles. The number of nitrogens with one attached hydrogen (secondary N) is 1. The maximum absolute atomic E-state index is 11.4. The molecule has 98 valence electrons. The molecule has 1 aromatic rings. The van der Waals surface area contributed by atoms with Crippen molar-refractivity contribution in [2.45, 2.75) is 19.6 Å². The molecular weight excluding hydrogens is 238 g/mol. The predicted octanol–water partition coefficient (Wildman–Crippen LogP) is 0.173. The van der Waals surface area contributed by atoms with E-state index in [0.717, 1.165) is 0 Å². The second kappa shape index (κ2) is 6.73. The zero-order chi connectivity index (χ0) is 13.5. The Hall–Kier alpha value is -1.92. The number of rotatable bonds is 5. The summed E-state index contributed by atoms with van der Waals surface area (Å²) in [4.78, 5) is 22.3. The molecule has 6 heteroatoms. The lowest BCUT2D eigenvalue weighted by atomic mass is 10.1. The van der Waals surface area contributed by atoms with E-state index < -0.39 is 11.9 Å². The quantitative estimate of drug-likeness (QED) is 0.513. The lowest BCUT2D eigenvalue weighted by Gasteiger charge is -2.08. The first-order valence-corrected chi connectivity index (χ1v) is 5.30. The second-order valence-electron chi connectivity index (χ2n) is 3.66. The summed E-state index contributed by atoms with van der Waals surface area (Å²) in [5.74, 6) is -1.14. The van der Waals surface area contributed by atoms with Crippen molar-refractivity contribution in [1.29, 1.82) is 0 Å². The molecule has 0 bridgehead atoms. The van der Waals surface area contributed by atoms with E-state index in [1.54, 1.807) is 18.2 Å². The minimum Gasteiger partial charge on any atom is -0.469 e. The summed E-state index contributed by atoms with van der Waals surface area (Å²) in [6, 6.07) is 4.75. The van der Waals surface area contributed by atoms with E-state index in [0.29, 0.717) is 16.8 Å². The third-order valence-electron chi connectivity index (χ3n) is 2.23. The number of amides is 1. The molecule has 18 heavy (non-hydrogen) atoms. The van der Waals surface area contributed by atoms with Crippen molar-refractivity contribution in [3.63, 3.8) is 0 Å². The topological polar surface area (TPSA) is 95.9 Å². The van der Waals surface area contributed by atoms with Crippen molar-refractivity contribution < 1.29 is 24.5 Å². The van der Waals surface area contributed by atoms with Crippen LogP contribution in [0.1, 0.15) is 17.5 Å². The van der Waals surface area contributed by atoms with Gasteiger partial charge in [0, 0.05) is 5.69 Å². The minimum atomic E-state index is -0.631. The van der Waals surface area contributed by atoms with Crippen LogP contribution in [-0.4, -0.2) is 29.2 Å². The summed E-state index contributed by atoms with van der Waals surface area (Å²) in [5, 5.41) is 20.6. The number of anilines is 1. The van der Waals surface area contributed by atoms with Gasteiger partial charge in [-0.05, 0) is 23.3 Å². The summed E-state index contributed by atoms with van der Waals surface area (Å²) < 4.78 is 4.37. The lowest BCUT2D eigenvalue weighted by Crippen LogP contribution is -2.17. The lowest BCUT2D eigenvalue weighted by molar-refractivity contribution is -0.142. The number of carbonyl (C=O) groups is 2. The molecule has 1 aromatic carbocycles. The molecule has 3 N–H and O–H groups in total. The Kier molecular flexibility index (Phi) is 5.29. The fourth-order valence-electron chi connectivity index (χ4n) is 1.43. The van der Waals surface area contributed by atoms with E-state index in [2.05, 4.69) is 10.1 Å². The largest absolute Gasteiger partial charge is 0.469 e. The molecule has 0 aliphatic heterocycles. The summed E-state index contributed by atoms with van der Waals surface area (Å²) in [6.45, 7) is -0.401. The Morgan fingerprint density at radius 1 is 1.17 bits per heavy atom. The predicted molar refractivity (Wildman–Crippen MR) is 63.6 cm³/mol. The highest BCUT2D eigenvalue weighted by atomic mass is 16.5. The summed E-state index contributed by atoms with van der Waals surface area (Å²) >= 11 is 0. The zero-order valence-corrected chi connectivity index (χ0v) is 9.97. The smallest absolute Gasteiger partial charge is 0.315 e. The summed E-state index contributed by atoms with van der Waals surface area (Å²) in [7, 11) is 1.20. The van der Waals surface area contributed by atoms with Crippen LogP contribution in [0, 0.1) is 0 Å². The standard InChI is InChI=1S/C12H15NO5/c1-18-12(17)5-11(16)13-10-3-8(6-14)2-9(4-10)7-15/h2-4,14-15H,5-7H2,1H3,(H,13,16). The number of esters is 1. The zero-order valence-electron chi connectivity index (χ0n) is 9.97. The van der Waals surface area contributed by atoms with Crippen LogP contribution < -0.4 is 5.32 Å². The van der Waals surface area contributed by atoms with Crippen LogP contribution in [0.4, 0.5) is 5.69 Å². The highest BCUT2D eigenvalue weighted by molar-refractivity contribution is 6.01. The van der Waals surface area contributed by atoms with Crippen molar-refractivity contribution >= 4 is 17.6 Å². The first kappa shape index (κ1) is 14.1. The molecule has 0 aliphatic rings. The number of aliphatic hydroxyl groups is 2. The SMILES string of the molecule is COC(=O)CC(=O)Nc1cc(CO)cc(CO)c1. The Morgan fingerprint density at radius 3 is 2.17 bits per heavy atom. The molecule has 0 unspecified atom stereocenters. The van der Waals surface area contributed by atoms with Gasteiger partial charge in [-0.2, -0.15) is 0 Å². The van der Waals surface area contributed by atoms with Gasteiger partial charge in [-0.3, -0.25) is 9.59 Å². The van der Waals surface area contributed by atoms with E-state index in [4.69, 9.17) is 10.2 Å². The number of hydrogen-bond acceptors (Lipinski definition) is 5. The molecule has 1 rings (SSSR count). The van der Waals surface area contributed by atoms with Gasteiger partial charge in [0.1, 0.15) is 6.42 Å². The van der Waals surface area contributed by atoms with Crippen LogP contribution in [0.15, 0.2) is 18.2 Å². The Morgan fingerprint density at radius 2 is 1.72 bits per heavy atom. The highest BCUT2D eigenvalue weighted by Crippen LogP contribution is 2.15. The van der Waals surface area contributed by atoms with Gasteiger partial charge in [0.2, 0.25) is 5.91 Å². The fraction of sp³-hybridized carbons (Fsp3) is 0.333. The first-order chi connectivity index (χ1) is 8.58. The average Bonchev–Trinajstić information content (AvgIpc) is 2.37. The van der Waals surface area contributed by atoms with Crippen LogP contribution in [0.25, 0.3) is 0 Å². The Balaban J connectivity index is 2.77. The second-order valence-corrected chi connectivity index (χ2v) is 3.66. The van der Waals surface area contributed by atoms with E-state index in [1.807, 2.05) is 0 Å². The third kappa shape index (κ3) is 4.15. The van der Waals surface area contributed by atoms with Gasteiger partial charge in [-0.25, -0.2) is 0 Å². The van der Waals surface area contributed by atoms with Gasteiger partial charge in [-0.1, -0.05) is 6.07 Å². The monoisotopic (exact) mass is 253 g/mol. The Bertz CT molecular complexity index is 422. The minimum absolute atomic E-state index is 0.201. The van der Waals surface area contributed by atoms with Crippen molar-refractivity contribution in [2.24, 2.45) is 0 Å². The molecule has 0 atom stereocenters. The number of hydrogen-bond donors (Lipinski definition) is 3. The molecule has 0 aliphatic carbocycles. The molecular formula is C12H15NO5. The van der Waals surface area contributed by atoms with Gasteiger partial charge in [0.15, 0.2) is 0 Å². The highest BCUT2D eigenvalue weighted by Gasteiger charge is 2.10. The van der Waals surface area contributed by atoms with Crippen molar-refractivity contribution in [2.75, 3.05) is 12.4 Å². The van der Waals surface area contributed by atoms with E-state index >= 15 is 0 Å². The van der Waals surface area contributed by atoms with Crippen LogP contribution in [0.5, 0.6) is 0 Å². The summed E-state index contributed by atoms with van der Waals surface area (Å²) in [5.41, 5.74) is 1.55. The molecule has 6 nitrogen and oxygen atoms in total. The number of aliphatic hydroxyl groups excluding tert-OH is 2. The Labute approximate surface area is 104 Å². The van der Waals surface area contributed by atoms with E-state index in [9.17, 15) is 9.59 Å². The first-order valence-electron chi connectivity index (χ1n) is 5.30. The van der Waals surface area contributed by atoms with Crippen LogP contribution >= 0.6 is 0 Å². The normalized spacial score (nSPS) is 9.94. The van der Waals surface area contributed by atoms with Crippen LogP contribution in [0.3, 0.4) is 0 Å². The van der Waals surface area contributed by atoms with Gasteiger partial charge in [-0.15, -0.1) is 0 Å². The molecule has 0 heterocycles. The molecule has 0 radical (unpaired) electrons. The van der Waals surface area contributed by atoms with Crippen LogP contribution in [-0.2, 0) is 27.5 Å². The number of ether oxygens (including phenoxy) is 1. The molecule has 0 spiro atoms. The number of methoxy groups -OCH3 is 1. The van der Waals surface area contributed by atoms with Gasteiger partial charge in [0.05, 0.1) is 20.3 Å². The maximum Gasteiger partial charge on any atom is 0.315 e. The van der Waals surface area contributed by atoms with Gasteiger partial charge >= 0.3 is 5.97 Å². The molecule has 0 saturated heterocycles. The molecule has 1 amide bonds. The number of carbonyl (C=O) groups excluding carboxylic acids is 2. The van der Waals surface area contributed by atoms with Crippen molar-refractivity contribution in [1.82, 2.24) is 0 Å². The van der Waals surface area contributed by atoms with Gasteiger partial charge in [0.25, 0.3) is 0 Å². The third-order valence-corrected chi connectivity index (χ3v) is 2.23. The van der Waals surface area contributed by atoms with Crippen molar-refractivity contribution in [3.05, 3.63) is 29.3 Å². The molecule has 0 saturated carbocycles. The van der Waals surface area contributed by atoms with E-state index in [1.165, 1.54) is 7.11 Å². The van der Waals surface area contributed by atoms with Gasteiger partial charge < -0.3 is 20.3 Å². The van der Waals surface area contributed by atoms with Crippen molar-refractivity contribution in [3.8, 4) is 0 Å². The number of benzene rings is 1. The average molecular weight is 253 g/mol. The van der Waals surface area contributed by atoms with E-state index in [-0.39, 0.29) is 19.6 Å². The molecule has 0 fully saturated rings.